The lowest BCUT2D eigenvalue weighted by atomic mass is 10.1. The Hall–Kier alpha value is -2.59. The molecule has 8 nitrogen and oxygen atoms in total. The van der Waals surface area contributed by atoms with Gasteiger partial charge >= 0.3 is 0 Å². The average Bonchev–Trinajstić information content (AvgIpc) is 3.34. The molecule has 3 aromatic rings. The topological polar surface area (TPSA) is 107 Å². The summed E-state index contributed by atoms with van der Waals surface area (Å²) in [6.45, 7) is 1.80. The van der Waals surface area contributed by atoms with Crippen molar-refractivity contribution >= 4 is 32.2 Å². The summed E-state index contributed by atoms with van der Waals surface area (Å²) in [6, 6.07) is 10.9. The van der Waals surface area contributed by atoms with Gasteiger partial charge in [-0.15, -0.1) is 10.2 Å². The molecular formula is C17H17N5O3S2. The van der Waals surface area contributed by atoms with Crippen LogP contribution < -0.4 is 5.32 Å². The van der Waals surface area contributed by atoms with Gasteiger partial charge in [0.25, 0.3) is 5.91 Å². The monoisotopic (exact) mass is 403 g/mol. The highest BCUT2D eigenvalue weighted by Crippen LogP contribution is 2.30. The van der Waals surface area contributed by atoms with E-state index in [4.69, 9.17) is 0 Å². The largest absolute Gasteiger partial charge is 0.295 e. The van der Waals surface area contributed by atoms with Crippen molar-refractivity contribution in [1.29, 1.82) is 0 Å². The van der Waals surface area contributed by atoms with Crippen molar-refractivity contribution in [2.24, 2.45) is 0 Å². The van der Waals surface area contributed by atoms with E-state index in [2.05, 4.69) is 20.6 Å². The van der Waals surface area contributed by atoms with Gasteiger partial charge in [0.05, 0.1) is 23.2 Å². The first-order valence-electron chi connectivity index (χ1n) is 8.38. The molecule has 1 aliphatic rings. The van der Waals surface area contributed by atoms with Crippen molar-refractivity contribution in [2.75, 3.05) is 16.8 Å². The number of anilines is 1. The van der Waals surface area contributed by atoms with E-state index in [1.165, 1.54) is 11.3 Å². The lowest BCUT2D eigenvalue weighted by Crippen LogP contribution is -2.16. The maximum Gasteiger partial charge on any atom is 0.278 e. The lowest BCUT2D eigenvalue weighted by Gasteiger charge is -2.13. The number of amides is 1. The smallest absolute Gasteiger partial charge is 0.278 e. The molecule has 1 atom stereocenters. The summed E-state index contributed by atoms with van der Waals surface area (Å²) in [7, 11) is -3.08. The molecule has 2 aromatic heterocycles. The number of hydrogen-bond acceptors (Lipinski definition) is 7. The number of rotatable bonds is 4. The summed E-state index contributed by atoms with van der Waals surface area (Å²) in [5, 5.41) is 16.0. The second-order valence-electron chi connectivity index (χ2n) is 6.36. The summed E-state index contributed by atoms with van der Waals surface area (Å²) >= 11 is 1.28. The number of aromatic nitrogens is 4. The van der Waals surface area contributed by atoms with Gasteiger partial charge in [-0.25, -0.2) is 8.42 Å². The van der Waals surface area contributed by atoms with Crippen LogP contribution >= 0.6 is 11.3 Å². The Labute approximate surface area is 160 Å². The van der Waals surface area contributed by atoms with Gasteiger partial charge in [0.1, 0.15) is 5.01 Å². The Balaban J connectivity index is 1.70. The van der Waals surface area contributed by atoms with Crippen molar-refractivity contribution in [3.63, 3.8) is 0 Å². The minimum Gasteiger partial charge on any atom is -0.295 e. The molecule has 1 aromatic carbocycles. The predicted octanol–water partition coefficient (Wildman–Crippen LogP) is 2.32. The van der Waals surface area contributed by atoms with Gasteiger partial charge in [0.15, 0.2) is 15.5 Å². The molecule has 0 spiro atoms. The number of hydrogen-bond donors (Lipinski definition) is 1. The second-order valence-corrected chi connectivity index (χ2v) is 9.77. The van der Waals surface area contributed by atoms with E-state index in [-0.39, 0.29) is 23.2 Å². The molecule has 0 radical (unpaired) electrons. The van der Waals surface area contributed by atoms with E-state index in [9.17, 15) is 13.2 Å². The van der Waals surface area contributed by atoms with Crippen molar-refractivity contribution in [3.8, 4) is 11.3 Å². The fourth-order valence-corrected chi connectivity index (χ4v) is 5.36. The zero-order valence-corrected chi connectivity index (χ0v) is 16.1. The molecule has 1 N–H and O–H groups in total. The Bertz CT molecular complexity index is 1090. The third kappa shape index (κ3) is 3.76. The second kappa shape index (κ2) is 6.86. The van der Waals surface area contributed by atoms with Crippen LogP contribution in [0.15, 0.2) is 36.4 Å². The Kier molecular flexibility index (Phi) is 4.52. The SMILES string of the molecule is Cc1nnc(NC(=O)c2cc(-c3ccccc3)n(C3CCS(=O)(=O)C3)n2)s1. The quantitative estimate of drug-likeness (QED) is 0.716. The minimum atomic E-state index is -3.08. The van der Waals surface area contributed by atoms with E-state index in [0.29, 0.717) is 11.6 Å². The van der Waals surface area contributed by atoms with Crippen LogP contribution in [0.1, 0.15) is 28.0 Å². The molecule has 3 heterocycles. The van der Waals surface area contributed by atoms with Gasteiger partial charge in [-0.3, -0.25) is 14.8 Å². The van der Waals surface area contributed by atoms with Gasteiger partial charge in [-0.1, -0.05) is 41.7 Å². The van der Waals surface area contributed by atoms with Crippen LogP contribution in [0.3, 0.4) is 0 Å². The summed E-state index contributed by atoms with van der Waals surface area (Å²) in [5.41, 5.74) is 1.81. The van der Waals surface area contributed by atoms with Gasteiger partial charge in [-0.2, -0.15) is 5.10 Å². The number of benzene rings is 1. The number of sulfone groups is 1. The minimum absolute atomic E-state index is 0.0329. The first-order valence-corrected chi connectivity index (χ1v) is 11.0. The third-order valence-electron chi connectivity index (χ3n) is 4.34. The van der Waals surface area contributed by atoms with Gasteiger partial charge in [-0.05, 0) is 25.0 Å². The molecule has 1 aliphatic heterocycles. The van der Waals surface area contributed by atoms with Crippen molar-refractivity contribution in [1.82, 2.24) is 20.0 Å². The number of nitrogens with zero attached hydrogens (tertiary/aromatic N) is 4. The molecule has 140 valence electrons. The lowest BCUT2D eigenvalue weighted by molar-refractivity contribution is 0.102. The average molecular weight is 403 g/mol. The fraction of sp³-hybridized carbons (Fsp3) is 0.294. The van der Waals surface area contributed by atoms with Gasteiger partial charge < -0.3 is 0 Å². The van der Waals surface area contributed by atoms with Crippen molar-refractivity contribution in [2.45, 2.75) is 19.4 Å². The zero-order valence-electron chi connectivity index (χ0n) is 14.5. The number of carbonyl (C=O) groups excluding carboxylic acids is 1. The summed E-state index contributed by atoms with van der Waals surface area (Å²) in [6.07, 6.45) is 0.487. The van der Waals surface area contributed by atoms with Crippen LogP contribution in [0.2, 0.25) is 0 Å². The van der Waals surface area contributed by atoms with Crippen LogP contribution in [0.4, 0.5) is 5.13 Å². The fourth-order valence-electron chi connectivity index (χ4n) is 3.08. The maximum atomic E-state index is 12.6. The van der Waals surface area contributed by atoms with E-state index in [1.807, 2.05) is 30.3 Å². The summed E-state index contributed by atoms with van der Waals surface area (Å²) in [4.78, 5) is 12.6. The first kappa shape index (κ1) is 17.8. The molecule has 1 fully saturated rings. The molecule has 1 amide bonds. The predicted molar refractivity (Wildman–Crippen MR) is 103 cm³/mol. The summed E-state index contributed by atoms with van der Waals surface area (Å²) < 4.78 is 25.5. The molecule has 0 saturated carbocycles. The number of nitrogens with one attached hydrogen (secondary N) is 1. The highest BCUT2D eigenvalue weighted by atomic mass is 32.2. The molecule has 0 bridgehead atoms. The molecule has 0 aliphatic carbocycles. The third-order valence-corrected chi connectivity index (χ3v) is 6.84. The van der Waals surface area contributed by atoms with E-state index < -0.39 is 15.7 Å². The van der Waals surface area contributed by atoms with E-state index in [1.54, 1.807) is 17.7 Å². The molecule has 1 saturated heterocycles. The molecule has 4 rings (SSSR count). The van der Waals surface area contributed by atoms with Crippen LogP contribution in [-0.4, -0.2) is 45.8 Å². The van der Waals surface area contributed by atoms with Gasteiger partial charge in [0.2, 0.25) is 5.13 Å². The maximum absolute atomic E-state index is 12.6. The molecule has 27 heavy (non-hydrogen) atoms. The van der Waals surface area contributed by atoms with Crippen molar-refractivity contribution in [3.05, 3.63) is 47.1 Å². The molecule has 1 unspecified atom stereocenters. The number of aryl methyl sites for hydroxylation is 1. The Morgan fingerprint density at radius 1 is 1.26 bits per heavy atom. The Morgan fingerprint density at radius 3 is 2.67 bits per heavy atom. The first-order chi connectivity index (χ1) is 12.9. The van der Waals surface area contributed by atoms with E-state index >= 15 is 0 Å². The van der Waals surface area contributed by atoms with Crippen LogP contribution in [0.25, 0.3) is 11.3 Å². The molecule has 10 heteroatoms. The van der Waals surface area contributed by atoms with Crippen LogP contribution in [-0.2, 0) is 9.84 Å². The van der Waals surface area contributed by atoms with Crippen LogP contribution in [0, 0.1) is 6.92 Å². The number of carbonyl (C=O) groups is 1. The highest BCUT2D eigenvalue weighted by Gasteiger charge is 2.32. The normalized spacial score (nSPS) is 18.5. The highest BCUT2D eigenvalue weighted by molar-refractivity contribution is 7.91. The Morgan fingerprint density at radius 2 is 2.04 bits per heavy atom. The van der Waals surface area contributed by atoms with Crippen molar-refractivity contribution < 1.29 is 13.2 Å². The summed E-state index contributed by atoms with van der Waals surface area (Å²) in [5.74, 6) is -0.231. The van der Waals surface area contributed by atoms with Crippen LogP contribution in [0.5, 0.6) is 0 Å². The van der Waals surface area contributed by atoms with E-state index in [0.717, 1.165) is 16.3 Å². The zero-order chi connectivity index (χ0) is 19.0. The van der Waals surface area contributed by atoms with Gasteiger partial charge in [0, 0.05) is 0 Å². The molecular weight excluding hydrogens is 386 g/mol. The standard InChI is InChI=1S/C17H17N5O3S2/c1-11-19-20-17(26-11)18-16(23)14-9-15(12-5-3-2-4-6-12)22(21-14)13-7-8-27(24,25)10-13/h2-6,9,13H,7-8,10H2,1H3,(H,18,20,23).